The predicted octanol–water partition coefficient (Wildman–Crippen LogP) is 3.81. The predicted molar refractivity (Wildman–Crippen MR) is 87.9 cm³/mol. The number of aromatic amines is 1. The van der Waals surface area contributed by atoms with E-state index in [1.54, 1.807) is 12.3 Å². The van der Waals surface area contributed by atoms with Gasteiger partial charge in [0.15, 0.2) is 0 Å². The molecule has 0 spiro atoms. The Morgan fingerprint density at radius 1 is 1.27 bits per heavy atom. The van der Waals surface area contributed by atoms with Gasteiger partial charge in [-0.2, -0.15) is 0 Å². The standard InChI is InChI=1S/C17H17FN4/c1-11(22(2)3)21-17-7-4-12(9-20-17)15-10-19-16-8-13(18)5-6-14(15)16/h4-10,19H,1H2,2-3H3,(H,20,21). The molecule has 0 atom stereocenters. The minimum absolute atomic E-state index is 0.249. The van der Waals surface area contributed by atoms with Crippen molar-refractivity contribution < 1.29 is 4.39 Å². The first kappa shape index (κ1) is 14.1. The van der Waals surface area contributed by atoms with E-state index in [9.17, 15) is 4.39 Å². The lowest BCUT2D eigenvalue weighted by molar-refractivity contribution is 0.520. The summed E-state index contributed by atoms with van der Waals surface area (Å²) in [6.07, 6.45) is 3.66. The van der Waals surface area contributed by atoms with Crippen LogP contribution in [-0.2, 0) is 0 Å². The molecule has 0 unspecified atom stereocenters. The van der Waals surface area contributed by atoms with Gasteiger partial charge in [0.1, 0.15) is 11.6 Å². The fraction of sp³-hybridized carbons (Fsp3) is 0.118. The summed E-state index contributed by atoms with van der Waals surface area (Å²) in [6, 6.07) is 8.60. The van der Waals surface area contributed by atoms with Gasteiger partial charge in [-0.05, 0) is 30.3 Å². The highest BCUT2D eigenvalue weighted by Crippen LogP contribution is 2.29. The number of nitrogens with one attached hydrogen (secondary N) is 2. The van der Waals surface area contributed by atoms with Gasteiger partial charge in [0.05, 0.1) is 5.82 Å². The zero-order valence-corrected chi connectivity index (χ0v) is 12.5. The maximum Gasteiger partial charge on any atom is 0.131 e. The number of hydrogen-bond acceptors (Lipinski definition) is 3. The van der Waals surface area contributed by atoms with Crippen molar-refractivity contribution in [2.45, 2.75) is 0 Å². The maximum absolute atomic E-state index is 13.2. The molecule has 2 aromatic heterocycles. The van der Waals surface area contributed by atoms with Crippen molar-refractivity contribution in [2.24, 2.45) is 0 Å². The fourth-order valence-corrected chi connectivity index (χ4v) is 2.22. The van der Waals surface area contributed by atoms with Crippen LogP contribution in [0.1, 0.15) is 0 Å². The summed E-state index contributed by atoms with van der Waals surface area (Å²) in [5.74, 6) is 1.25. The average molecular weight is 296 g/mol. The lowest BCUT2D eigenvalue weighted by Crippen LogP contribution is -2.17. The van der Waals surface area contributed by atoms with Crippen LogP contribution >= 0.6 is 0 Å². The number of benzene rings is 1. The van der Waals surface area contributed by atoms with Crippen LogP contribution < -0.4 is 5.32 Å². The number of nitrogens with zero attached hydrogens (tertiary/aromatic N) is 2. The van der Waals surface area contributed by atoms with Crippen molar-refractivity contribution in [1.82, 2.24) is 14.9 Å². The van der Waals surface area contributed by atoms with E-state index in [2.05, 4.69) is 21.9 Å². The maximum atomic E-state index is 13.2. The van der Waals surface area contributed by atoms with Crippen LogP contribution in [0.4, 0.5) is 10.2 Å². The van der Waals surface area contributed by atoms with E-state index in [1.807, 2.05) is 37.3 Å². The van der Waals surface area contributed by atoms with Gasteiger partial charge in [0.25, 0.3) is 0 Å². The molecule has 0 saturated carbocycles. The van der Waals surface area contributed by atoms with Gasteiger partial charge in [0, 0.05) is 48.5 Å². The minimum Gasteiger partial charge on any atom is -0.365 e. The van der Waals surface area contributed by atoms with Gasteiger partial charge in [-0.3, -0.25) is 0 Å². The van der Waals surface area contributed by atoms with Crippen molar-refractivity contribution in [3.8, 4) is 11.1 Å². The van der Waals surface area contributed by atoms with E-state index in [0.29, 0.717) is 0 Å². The Morgan fingerprint density at radius 3 is 2.77 bits per heavy atom. The second-order valence-electron chi connectivity index (χ2n) is 5.29. The van der Waals surface area contributed by atoms with E-state index in [4.69, 9.17) is 0 Å². The highest BCUT2D eigenvalue weighted by molar-refractivity contribution is 5.95. The third-order valence-corrected chi connectivity index (χ3v) is 3.53. The van der Waals surface area contributed by atoms with Crippen molar-refractivity contribution in [1.29, 1.82) is 0 Å². The van der Waals surface area contributed by atoms with Crippen LogP contribution in [0.2, 0.25) is 0 Å². The quantitative estimate of drug-likeness (QED) is 0.769. The summed E-state index contributed by atoms with van der Waals surface area (Å²) >= 11 is 0. The first-order valence-electron chi connectivity index (χ1n) is 6.91. The van der Waals surface area contributed by atoms with Crippen molar-refractivity contribution in [3.63, 3.8) is 0 Å². The molecule has 0 fully saturated rings. The van der Waals surface area contributed by atoms with Crippen molar-refractivity contribution in [2.75, 3.05) is 19.4 Å². The van der Waals surface area contributed by atoms with Gasteiger partial charge in [-0.25, -0.2) is 9.37 Å². The molecule has 3 aromatic rings. The highest BCUT2D eigenvalue weighted by atomic mass is 19.1. The van der Waals surface area contributed by atoms with Crippen LogP contribution in [0, 0.1) is 5.82 Å². The Hall–Kier alpha value is -2.82. The summed E-state index contributed by atoms with van der Waals surface area (Å²) in [5, 5.41) is 4.10. The summed E-state index contributed by atoms with van der Waals surface area (Å²) in [6.45, 7) is 3.91. The Labute approximate surface area is 128 Å². The van der Waals surface area contributed by atoms with Gasteiger partial charge in [-0.15, -0.1) is 0 Å². The van der Waals surface area contributed by atoms with Crippen LogP contribution in [0.15, 0.2) is 55.1 Å². The van der Waals surface area contributed by atoms with Crippen LogP contribution in [0.25, 0.3) is 22.0 Å². The fourth-order valence-electron chi connectivity index (χ4n) is 2.22. The topological polar surface area (TPSA) is 44.0 Å². The Kier molecular flexibility index (Phi) is 3.55. The first-order valence-corrected chi connectivity index (χ1v) is 6.91. The first-order chi connectivity index (χ1) is 10.5. The van der Waals surface area contributed by atoms with Crippen molar-refractivity contribution in [3.05, 3.63) is 60.9 Å². The number of rotatable bonds is 4. The number of hydrogen-bond donors (Lipinski definition) is 2. The molecule has 1 aromatic carbocycles. The number of fused-ring (bicyclic) bond motifs is 1. The monoisotopic (exact) mass is 296 g/mol. The van der Waals surface area contributed by atoms with E-state index in [-0.39, 0.29) is 5.82 Å². The number of H-pyrrole nitrogens is 1. The third-order valence-electron chi connectivity index (χ3n) is 3.53. The van der Waals surface area contributed by atoms with Gasteiger partial charge in [0.2, 0.25) is 0 Å². The molecule has 3 rings (SSSR count). The molecule has 4 nitrogen and oxygen atoms in total. The van der Waals surface area contributed by atoms with Gasteiger partial charge in [-0.1, -0.05) is 6.58 Å². The molecule has 22 heavy (non-hydrogen) atoms. The molecule has 0 aliphatic rings. The second-order valence-corrected chi connectivity index (χ2v) is 5.29. The molecule has 112 valence electrons. The van der Waals surface area contributed by atoms with Crippen LogP contribution in [0.3, 0.4) is 0 Å². The molecule has 2 heterocycles. The molecule has 2 N–H and O–H groups in total. The third kappa shape index (κ3) is 2.65. The lowest BCUT2D eigenvalue weighted by atomic mass is 10.1. The van der Waals surface area contributed by atoms with Crippen molar-refractivity contribution >= 4 is 16.7 Å². The zero-order chi connectivity index (χ0) is 15.7. The minimum atomic E-state index is -0.249. The highest BCUT2D eigenvalue weighted by Gasteiger charge is 2.08. The summed E-state index contributed by atoms with van der Waals surface area (Å²) in [7, 11) is 3.82. The summed E-state index contributed by atoms with van der Waals surface area (Å²) in [4.78, 5) is 9.36. The Morgan fingerprint density at radius 2 is 2.09 bits per heavy atom. The SMILES string of the molecule is C=C(Nc1ccc(-c2c[nH]c3cc(F)ccc23)cn1)N(C)C. The Balaban J connectivity index is 1.90. The summed E-state index contributed by atoms with van der Waals surface area (Å²) in [5.41, 5.74) is 2.75. The lowest BCUT2D eigenvalue weighted by Gasteiger charge is -2.16. The van der Waals surface area contributed by atoms with Gasteiger partial charge < -0.3 is 15.2 Å². The molecular formula is C17H17FN4. The zero-order valence-electron chi connectivity index (χ0n) is 12.5. The summed E-state index contributed by atoms with van der Waals surface area (Å²) < 4.78 is 13.2. The Bertz CT molecular complexity index is 818. The molecule has 0 bridgehead atoms. The number of anilines is 1. The van der Waals surface area contributed by atoms with Crippen LogP contribution in [0.5, 0.6) is 0 Å². The molecular weight excluding hydrogens is 279 g/mol. The molecule has 0 saturated heterocycles. The second kappa shape index (κ2) is 5.52. The number of halogens is 1. The smallest absolute Gasteiger partial charge is 0.131 e. The molecule has 5 heteroatoms. The van der Waals surface area contributed by atoms with Gasteiger partial charge >= 0.3 is 0 Å². The number of aromatic nitrogens is 2. The largest absolute Gasteiger partial charge is 0.365 e. The van der Waals surface area contributed by atoms with E-state index < -0.39 is 0 Å². The van der Waals surface area contributed by atoms with E-state index >= 15 is 0 Å². The van der Waals surface area contributed by atoms with E-state index in [1.165, 1.54) is 12.1 Å². The average Bonchev–Trinajstić information content (AvgIpc) is 2.90. The molecule has 0 radical (unpaired) electrons. The number of pyridine rings is 1. The molecule has 0 aliphatic heterocycles. The molecule has 0 aliphatic carbocycles. The van der Waals surface area contributed by atoms with E-state index in [0.717, 1.165) is 33.7 Å². The molecule has 0 amide bonds. The van der Waals surface area contributed by atoms with Crippen LogP contribution in [-0.4, -0.2) is 29.0 Å². The normalized spacial score (nSPS) is 10.7.